The van der Waals surface area contributed by atoms with Gasteiger partial charge in [-0.25, -0.2) is 33.1 Å². The molecule has 1 amide bonds. The summed E-state index contributed by atoms with van der Waals surface area (Å²) in [5.41, 5.74) is 5.24. The molecule has 0 unspecified atom stereocenters. The van der Waals surface area contributed by atoms with Crippen LogP contribution in [0.5, 0.6) is 0 Å². The molecule has 0 bridgehead atoms. The van der Waals surface area contributed by atoms with Gasteiger partial charge in [-0.05, 0) is 17.7 Å². The number of carbonyl (C=O) groups excluding carboxylic acids is 1. The number of rotatable bonds is 7. The number of pyridine rings is 1. The number of anilines is 3. The van der Waals surface area contributed by atoms with Gasteiger partial charge in [-0.15, -0.1) is 0 Å². The van der Waals surface area contributed by atoms with E-state index in [1.54, 1.807) is 23.9 Å². The van der Waals surface area contributed by atoms with Crippen LogP contribution in [0.4, 0.5) is 35.0 Å². The minimum atomic E-state index is -3.48. The van der Waals surface area contributed by atoms with Gasteiger partial charge in [-0.3, -0.25) is 9.69 Å². The van der Waals surface area contributed by atoms with Crippen molar-refractivity contribution in [1.82, 2.24) is 24.5 Å². The first-order valence-corrected chi connectivity index (χ1v) is 10.2. The molecule has 3 aromatic heterocycles. The minimum absolute atomic E-state index is 0.0111. The van der Waals surface area contributed by atoms with Crippen LogP contribution in [0.1, 0.15) is 18.1 Å². The maximum absolute atomic E-state index is 14.6. The Morgan fingerprint density at radius 3 is 2.37 bits per heavy atom. The van der Waals surface area contributed by atoms with Crippen molar-refractivity contribution in [2.24, 2.45) is 12.8 Å². The molecule has 8 nitrogen and oxygen atoms in total. The Bertz CT molecular complexity index is 1380. The number of halogens is 4. The van der Waals surface area contributed by atoms with Crippen molar-refractivity contribution < 1.29 is 22.4 Å². The van der Waals surface area contributed by atoms with Crippen molar-refractivity contribution in [3.63, 3.8) is 0 Å². The first-order valence-electron chi connectivity index (χ1n) is 10.2. The van der Waals surface area contributed by atoms with Gasteiger partial charge in [0.15, 0.2) is 5.82 Å². The normalized spacial score (nSPS) is 11.5. The van der Waals surface area contributed by atoms with E-state index in [9.17, 15) is 22.4 Å². The first-order chi connectivity index (χ1) is 16.5. The topological polar surface area (TPSA) is 103 Å². The summed E-state index contributed by atoms with van der Waals surface area (Å²) in [4.78, 5) is 28.6. The molecule has 0 aliphatic rings. The number of amides is 1. The van der Waals surface area contributed by atoms with E-state index in [1.807, 2.05) is 0 Å². The van der Waals surface area contributed by atoms with Crippen molar-refractivity contribution >= 4 is 23.4 Å². The van der Waals surface area contributed by atoms with Gasteiger partial charge in [-0.1, -0.05) is 12.1 Å². The standard InChI is InChI=1S/C23H19F4N7O/c1-23(26,27)17-7-15(10-29-21(17)25)34(20-11-33(2)12-32-20)22-30-8-14(9-31-22)16-4-3-13(5-18(16)24)6-19(28)35/h3-5,7-12H,6H2,1-2H3,(H2,28,35). The van der Waals surface area contributed by atoms with Crippen LogP contribution in [0.3, 0.4) is 0 Å². The Balaban J connectivity index is 1.75. The Labute approximate surface area is 197 Å². The predicted molar refractivity (Wildman–Crippen MR) is 119 cm³/mol. The van der Waals surface area contributed by atoms with Crippen LogP contribution >= 0.6 is 0 Å². The van der Waals surface area contributed by atoms with Gasteiger partial charge in [-0.2, -0.15) is 4.39 Å². The molecule has 0 atom stereocenters. The number of nitrogens with zero attached hydrogens (tertiary/aromatic N) is 6. The average molecular weight is 485 g/mol. The molecule has 2 N–H and O–H groups in total. The Morgan fingerprint density at radius 2 is 1.80 bits per heavy atom. The molecule has 0 fully saturated rings. The van der Waals surface area contributed by atoms with Gasteiger partial charge in [0.25, 0.3) is 5.92 Å². The highest BCUT2D eigenvalue weighted by molar-refractivity contribution is 5.77. The van der Waals surface area contributed by atoms with Gasteiger partial charge in [0.2, 0.25) is 17.8 Å². The molecule has 4 aromatic rings. The molecule has 3 heterocycles. The summed E-state index contributed by atoms with van der Waals surface area (Å²) in [5, 5.41) is 0. The Morgan fingerprint density at radius 1 is 1.09 bits per heavy atom. The molecule has 4 rings (SSSR count). The Hall–Kier alpha value is -4.35. The van der Waals surface area contributed by atoms with Crippen molar-refractivity contribution in [1.29, 1.82) is 0 Å². The summed E-state index contributed by atoms with van der Waals surface area (Å²) in [7, 11) is 1.71. The van der Waals surface area contributed by atoms with E-state index in [2.05, 4.69) is 19.9 Å². The van der Waals surface area contributed by atoms with E-state index in [4.69, 9.17) is 5.73 Å². The zero-order valence-electron chi connectivity index (χ0n) is 18.6. The molecule has 0 radical (unpaired) electrons. The summed E-state index contributed by atoms with van der Waals surface area (Å²) in [6, 6.07) is 5.19. The molecular weight excluding hydrogens is 466 g/mol. The number of hydrogen-bond donors (Lipinski definition) is 1. The molecule has 0 saturated carbocycles. The number of alkyl halides is 2. The van der Waals surface area contributed by atoms with Crippen molar-refractivity contribution in [2.45, 2.75) is 19.3 Å². The number of primary amides is 1. The van der Waals surface area contributed by atoms with Crippen LogP contribution in [0.25, 0.3) is 11.1 Å². The number of aromatic nitrogens is 5. The third-order valence-electron chi connectivity index (χ3n) is 5.04. The number of aryl methyl sites for hydroxylation is 1. The van der Waals surface area contributed by atoms with E-state index in [0.717, 1.165) is 12.3 Å². The molecule has 0 saturated heterocycles. The fourth-order valence-electron chi connectivity index (χ4n) is 3.41. The highest BCUT2D eigenvalue weighted by atomic mass is 19.3. The predicted octanol–water partition coefficient (Wildman–Crippen LogP) is 4.16. The number of hydrogen-bond acceptors (Lipinski definition) is 6. The van der Waals surface area contributed by atoms with Crippen LogP contribution in [0.15, 0.2) is 55.4 Å². The van der Waals surface area contributed by atoms with Crippen LogP contribution in [-0.2, 0) is 24.2 Å². The van der Waals surface area contributed by atoms with Crippen LogP contribution < -0.4 is 10.6 Å². The van der Waals surface area contributed by atoms with Crippen molar-refractivity contribution in [3.8, 4) is 11.1 Å². The third-order valence-corrected chi connectivity index (χ3v) is 5.04. The van der Waals surface area contributed by atoms with Crippen molar-refractivity contribution in [3.05, 3.63) is 78.3 Å². The summed E-state index contributed by atoms with van der Waals surface area (Å²) in [6.07, 6.45) is 6.71. The largest absolute Gasteiger partial charge is 0.369 e. The Kier molecular flexibility index (Phi) is 6.20. The van der Waals surface area contributed by atoms with E-state index in [0.29, 0.717) is 18.1 Å². The SMILES string of the molecule is Cn1cnc(N(c2cnc(F)c(C(C)(F)F)c2)c2ncc(-c3ccc(CC(N)=O)cc3F)cn2)c1. The highest BCUT2D eigenvalue weighted by Crippen LogP contribution is 2.36. The van der Waals surface area contributed by atoms with Gasteiger partial charge in [0.05, 0.1) is 30.2 Å². The molecular formula is C23H19F4N7O. The fourth-order valence-corrected chi connectivity index (χ4v) is 3.41. The van der Waals surface area contributed by atoms with Crippen LogP contribution in [0, 0.1) is 11.8 Å². The van der Waals surface area contributed by atoms with E-state index in [1.165, 1.54) is 35.8 Å². The highest BCUT2D eigenvalue weighted by Gasteiger charge is 2.31. The second-order valence-corrected chi connectivity index (χ2v) is 7.88. The first kappa shape index (κ1) is 23.8. The van der Waals surface area contributed by atoms with Crippen LogP contribution in [-0.4, -0.2) is 30.4 Å². The lowest BCUT2D eigenvalue weighted by molar-refractivity contribution is -0.117. The summed E-state index contributed by atoms with van der Waals surface area (Å²) in [6.45, 7) is 0.566. The smallest absolute Gasteiger partial charge is 0.274 e. The zero-order chi connectivity index (χ0) is 25.3. The quantitative estimate of drug-likeness (QED) is 0.312. The van der Waals surface area contributed by atoms with Gasteiger partial charge in [0, 0.05) is 43.7 Å². The second kappa shape index (κ2) is 9.12. The maximum Gasteiger partial charge on any atom is 0.274 e. The van der Waals surface area contributed by atoms with Crippen LogP contribution in [0.2, 0.25) is 0 Å². The van der Waals surface area contributed by atoms with E-state index in [-0.39, 0.29) is 29.4 Å². The van der Waals surface area contributed by atoms with Crippen molar-refractivity contribution in [2.75, 3.05) is 4.90 Å². The third kappa shape index (κ3) is 5.10. The molecule has 0 spiro atoms. The summed E-state index contributed by atoms with van der Waals surface area (Å²) in [5.74, 6) is -5.68. The molecule has 35 heavy (non-hydrogen) atoms. The number of nitrogens with two attached hydrogens (primary N) is 1. The molecule has 0 aliphatic heterocycles. The molecule has 180 valence electrons. The van der Waals surface area contributed by atoms with Gasteiger partial charge in [0.1, 0.15) is 5.82 Å². The number of carbonyl (C=O) groups is 1. The second-order valence-electron chi connectivity index (χ2n) is 7.88. The average Bonchev–Trinajstić information content (AvgIpc) is 3.20. The summed E-state index contributed by atoms with van der Waals surface area (Å²) >= 11 is 0. The summed E-state index contributed by atoms with van der Waals surface area (Å²) < 4.78 is 58.1. The van der Waals surface area contributed by atoms with E-state index < -0.39 is 29.2 Å². The molecule has 1 aromatic carbocycles. The lowest BCUT2D eigenvalue weighted by atomic mass is 10.0. The lowest BCUT2D eigenvalue weighted by Crippen LogP contribution is -2.17. The molecule has 12 heteroatoms. The number of imidazole rings is 1. The fraction of sp³-hybridized carbons (Fsp3) is 0.174. The van der Waals surface area contributed by atoms with E-state index >= 15 is 0 Å². The molecule has 0 aliphatic carbocycles. The van der Waals surface area contributed by atoms with Gasteiger partial charge < -0.3 is 10.3 Å². The minimum Gasteiger partial charge on any atom is -0.369 e. The zero-order valence-corrected chi connectivity index (χ0v) is 18.6. The number of benzene rings is 1. The monoisotopic (exact) mass is 485 g/mol. The maximum atomic E-state index is 14.6. The van der Waals surface area contributed by atoms with Gasteiger partial charge >= 0.3 is 0 Å². The lowest BCUT2D eigenvalue weighted by Gasteiger charge is -2.22.